The Morgan fingerprint density at radius 3 is 2.41 bits per heavy atom. The van der Waals surface area contributed by atoms with Gasteiger partial charge in [0.25, 0.3) is 5.91 Å². The average Bonchev–Trinajstić information content (AvgIpc) is 3.50. The molecule has 9 nitrogen and oxygen atoms in total. The Labute approximate surface area is 228 Å². The molecule has 1 fully saturated rings. The zero-order valence-electron chi connectivity index (χ0n) is 23.6. The summed E-state index contributed by atoms with van der Waals surface area (Å²) in [5.74, 6) is -0.253. The van der Waals surface area contributed by atoms with Gasteiger partial charge in [-0.25, -0.2) is 18.9 Å². The van der Waals surface area contributed by atoms with Gasteiger partial charge >= 0.3 is 0 Å². The molecule has 10 heteroatoms. The molecule has 0 atom stereocenters. The van der Waals surface area contributed by atoms with Gasteiger partial charge < -0.3 is 9.88 Å². The van der Waals surface area contributed by atoms with Crippen molar-refractivity contribution in [2.75, 3.05) is 26.7 Å². The van der Waals surface area contributed by atoms with Gasteiger partial charge in [-0.2, -0.15) is 5.10 Å². The highest BCUT2D eigenvalue weighted by Gasteiger charge is 2.34. The van der Waals surface area contributed by atoms with Crippen molar-refractivity contribution in [3.8, 4) is 11.3 Å². The van der Waals surface area contributed by atoms with Gasteiger partial charge in [-0.3, -0.25) is 14.5 Å². The summed E-state index contributed by atoms with van der Waals surface area (Å²) >= 11 is 0. The summed E-state index contributed by atoms with van der Waals surface area (Å²) in [7, 11) is 2.10. The van der Waals surface area contributed by atoms with Gasteiger partial charge in [-0.1, -0.05) is 20.8 Å². The third-order valence-corrected chi connectivity index (χ3v) is 7.15. The minimum absolute atomic E-state index is 0.0259. The van der Waals surface area contributed by atoms with Crippen molar-refractivity contribution in [2.24, 2.45) is 0 Å². The van der Waals surface area contributed by atoms with E-state index in [1.165, 1.54) is 12.1 Å². The number of nitrogens with zero attached hydrogens (tertiary/aromatic N) is 6. The molecule has 0 aliphatic carbocycles. The molecule has 0 saturated carbocycles. The number of fused-ring (bicyclic) bond motifs is 1. The highest BCUT2D eigenvalue weighted by molar-refractivity contribution is 5.93. The van der Waals surface area contributed by atoms with Gasteiger partial charge in [0.2, 0.25) is 0 Å². The Kier molecular flexibility index (Phi) is 7.70. The molecule has 1 aliphatic heterocycles. The Morgan fingerprint density at radius 2 is 1.85 bits per heavy atom. The van der Waals surface area contributed by atoms with Crippen LogP contribution < -0.4 is 0 Å². The predicted molar refractivity (Wildman–Crippen MR) is 148 cm³/mol. The highest BCUT2D eigenvalue weighted by Crippen LogP contribution is 2.29. The van der Waals surface area contributed by atoms with E-state index >= 15 is 0 Å². The standard InChI is InChI=1S/C17H16FN3O.C12H20N4O/c1-17(2,3)14-8-15(11-4-6-12(18)7-5-11)20-21-9-13(10-22)19-16(14)21;1-9-10(14-8-13-9)11(17)16-6-5-15(4)12(2,3)7-16/h4-10H,1-3H3;8H,5-7H2,1-4H3,(H,13,14). The van der Waals surface area contributed by atoms with Crippen molar-refractivity contribution in [3.63, 3.8) is 0 Å². The lowest BCUT2D eigenvalue weighted by molar-refractivity contribution is 0.0307. The van der Waals surface area contributed by atoms with Gasteiger partial charge in [0.15, 0.2) is 11.9 Å². The average molecular weight is 534 g/mol. The highest BCUT2D eigenvalue weighted by atomic mass is 19.1. The largest absolute Gasteiger partial charge is 0.348 e. The number of aryl methyl sites for hydroxylation is 1. The molecule has 0 radical (unpaired) electrons. The van der Waals surface area contributed by atoms with Crippen molar-refractivity contribution in [1.29, 1.82) is 0 Å². The number of nitrogens with one attached hydrogen (secondary N) is 1. The first-order valence-corrected chi connectivity index (χ1v) is 12.9. The van der Waals surface area contributed by atoms with Crippen molar-refractivity contribution < 1.29 is 14.0 Å². The number of aldehydes is 1. The van der Waals surface area contributed by atoms with Crippen LogP contribution in [0.5, 0.6) is 0 Å². The number of H-pyrrole nitrogens is 1. The molecule has 1 aliphatic rings. The molecular formula is C29H36FN7O2. The lowest BCUT2D eigenvalue weighted by atomic mass is 9.87. The van der Waals surface area contributed by atoms with Crippen LogP contribution >= 0.6 is 0 Å². The van der Waals surface area contributed by atoms with Crippen LogP contribution in [0, 0.1) is 12.7 Å². The number of hydrogen-bond donors (Lipinski definition) is 1. The number of hydrogen-bond acceptors (Lipinski definition) is 6. The number of amides is 1. The van der Waals surface area contributed by atoms with E-state index in [0.717, 1.165) is 36.5 Å². The summed E-state index contributed by atoms with van der Waals surface area (Å²) in [5, 5.41) is 4.49. The van der Waals surface area contributed by atoms with E-state index < -0.39 is 0 Å². The predicted octanol–water partition coefficient (Wildman–Crippen LogP) is 4.53. The summed E-state index contributed by atoms with van der Waals surface area (Å²) < 4.78 is 14.7. The van der Waals surface area contributed by atoms with Crippen LogP contribution in [0.4, 0.5) is 4.39 Å². The van der Waals surface area contributed by atoms with Gasteiger partial charge in [-0.05, 0) is 63.6 Å². The fourth-order valence-corrected chi connectivity index (χ4v) is 4.50. The van der Waals surface area contributed by atoms with Gasteiger partial charge in [-0.15, -0.1) is 0 Å². The Hall–Kier alpha value is -3.92. The van der Waals surface area contributed by atoms with Crippen LogP contribution in [0.3, 0.4) is 0 Å². The zero-order valence-corrected chi connectivity index (χ0v) is 23.6. The number of carbonyl (C=O) groups excluding carboxylic acids is 2. The zero-order chi connectivity index (χ0) is 28.5. The van der Waals surface area contributed by atoms with Crippen molar-refractivity contribution >= 4 is 17.8 Å². The first-order chi connectivity index (χ1) is 18.3. The van der Waals surface area contributed by atoms with E-state index in [1.54, 1.807) is 29.2 Å². The molecule has 1 aromatic carbocycles. The maximum atomic E-state index is 13.1. The molecule has 206 valence electrons. The van der Waals surface area contributed by atoms with Crippen LogP contribution in [-0.4, -0.2) is 78.8 Å². The number of halogens is 1. The van der Waals surface area contributed by atoms with E-state index in [0.29, 0.717) is 29.0 Å². The Bertz CT molecular complexity index is 1480. The first kappa shape index (κ1) is 28.1. The summed E-state index contributed by atoms with van der Waals surface area (Å²) in [4.78, 5) is 38.8. The number of carbonyl (C=O) groups is 2. The molecule has 1 amide bonds. The molecule has 1 saturated heterocycles. The van der Waals surface area contributed by atoms with E-state index in [9.17, 15) is 14.0 Å². The monoisotopic (exact) mass is 533 g/mol. The van der Waals surface area contributed by atoms with Crippen LogP contribution in [0.25, 0.3) is 16.9 Å². The number of aromatic amines is 1. The van der Waals surface area contributed by atoms with Crippen LogP contribution in [0.15, 0.2) is 42.9 Å². The Morgan fingerprint density at radius 1 is 1.15 bits per heavy atom. The minimum Gasteiger partial charge on any atom is -0.348 e. The number of benzene rings is 1. The van der Waals surface area contributed by atoms with Crippen molar-refractivity contribution in [2.45, 2.75) is 52.5 Å². The van der Waals surface area contributed by atoms with Crippen LogP contribution in [0.2, 0.25) is 0 Å². The maximum absolute atomic E-state index is 13.1. The number of piperazine rings is 1. The van der Waals surface area contributed by atoms with Crippen molar-refractivity contribution in [1.82, 2.24) is 34.4 Å². The fraction of sp³-hybridized carbons (Fsp3) is 0.414. The number of likely N-dealkylation sites (N-methyl/N-ethyl adjacent to an activating group) is 1. The smallest absolute Gasteiger partial charge is 0.274 e. The molecule has 0 spiro atoms. The second-order valence-electron chi connectivity index (χ2n) is 11.6. The van der Waals surface area contributed by atoms with Crippen LogP contribution in [0.1, 0.15) is 66.9 Å². The third kappa shape index (κ3) is 6.06. The third-order valence-electron chi connectivity index (χ3n) is 7.15. The van der Waals surface area contributed by atoms with E-state index in [1.807, 2.05) is 17.9 Å². The molecule has 0 bridgehead atoms. The lowest BCUT2D eigenvalue weighted by Crippen LogP contribution is -2.58. The molecule has 3 aromatic heterocycles. The Balaban J connectivity index is 0.000000187. The topological polar surface area (TPSA) is 99.5 Å². The normalized spacial score (nSPS) is 15.6. The van der Waals surface area contributed by atoms with E-state index in [-0.39, 0.29) is 22.7 Å². The second-order valence-corrected chi connectivity index (χ2v) is 11.6. The fourth-order valence-electron chi connectivity index (χ4n) is 4.50. The molecular weight excluding hydrogens is 497 g/mol. The molecule has 4 heterocycles. The second kappa shape index (κ2) is 10.7. The minimum atomic E-state index is -0.285. The van der Waals surface area contributed by atoms with Crippen LogP contribution in [-0.2, 0) is 5.41 Å². The summed E-state index contributed by atoms with van der Waals surface area (Å²) in [6, 6.07) is 8.14. The SMILES string of the molecule is CC(C)(C)c1cc(-c2ccc(F)cc2)nn2cc(C=O)nc12.Cc1[nH]cnc1C(=O)N1CCN(C)C(C)(C)C1. The molecule has 39 heavy (non-hydrogen) atoms. The van der Waals surface area contributed by atoms with Crippen molar-refractivity contribution in [3.05, 3.63) is 71.3 Å². The molecule has 5 rings (SSSR count). The summed E-state index contributed by atoms with van der Waals surface area (Å²) in [6.45, 7) is 14.8. The number of imidazole rings is 2. The summed E-state index contributed by atoms with van der Waals surface area (Å²) in [6.07, 6.45) is 3.88. The first-order valence-electron chi connectivity index (χ1n) is 12.9. The van der Waals surface area contributed by atoms with E-state index in [4.69, 9.17) is 0 Å². The summed E-state index contributed by atoms with van der Waals surface area (Å²) in [5.41, 5.74) is 4.77. The van der Waals surface area contributed by atoms with E-state index in [2.05, 4.69) is 66.6 Å². The number of aromatic nitrogens is 5. The lowest BCUT2D eigenvalue weighted by Gasteiger charge is -2.45. The van der Waals surface area contributed by atoms with Gasteiger partial charge in [0.1, 0.15) is 17.2 Å². The quantitative estimate of drug-likeness (QED) is 0.389. The molecule has 0 unspecified atom stereocenters. The maximum Gasteiger partial charge on any atom is 0.274 e. The molecule has 1 N–H and O–H groups in total. The van der Waals surface area contributed by atoms with Gasteiger partial charge in [0.05, 0.1) is 18.2 Å². The molecule has 4 aromatic rings. The van der Waals surface area contributed by atoms with Gasteiger partial charge in [0, 0.05) is 42.0 Å². The number of rotatable bonds is 3.